The summed E-state index contributed by atoms with van der Waals surface area (Å²) in [6.45, 7) is 4.17. The van der Waals surface area contributed by atoms with Gasteiger partial charge in [-0.25, -0.2) is 4.98 Å². The van der Waals surface area contributed by atoms with Gasteiger partial charge in [-0.3, -0.25) is 0 Å². The number of nitrogens with one attached hydrogen (secondary N) is 1. The van der Waals surface area contributed by atoms with Crippen LogP contribution < -0.4 is 5.32 Å². The van der Waals surface area contributed by atoms with Crippen molar-refractivity contribution in [1.82, 2.24) is 10.3 Å². The molecule has 2 heterocycles. The predicted molar refractivity (Wildman–Crippen MR) is 66.8 cm³/mol. The second-order valence-corrected chi connectivity index (χ2v) is 5.68. The summed E-state index contributed by atoms with van der Waals surface area (Å²) in [5.74, 6) is 0. The number of nitrogens with zero attached hydrogens (tertiary/aromatic N) is 1. The van der Waals surface area contributed by atoms with Crippen molar-refractivity contribution < 1.29 is 0 Å². The highest BCUT2D eigenvalue weighted by Crippen LogP contribution is 2.26. The van der Waals surface area contributed by atoms with Crippen LogP contribution in [0.5, 0.6) is 0 Å². The summed E-state index contributed by atoms with van der Waals surface area (Å²) in [6.07, 6.45) is 0. The fraction of sp³-hybridized carbons (Fsp3) is 0.364. The minimum atomic E-state index is 0.236. The smallest absolute Gasteiger partial charge is 0.0898 e. The highest BCUT2D eigenvalue weighted by atomic mass is 32.1. The molecule has 0 fully saturated rings. The minimum absolute atomic E-state index is 0.236. The second-order valence-electron chi connectivity index (χ2n) is 3.50. The molecule has 80 valence electrons. The molecule has 1 unspecified atom stereocenters. The number of aryl methyl sites for hydroxylation is 2. The Morgan fingerprint density at radius 2 is 2.07 bits per heavy atom. The van der Waals surface area contributed by atoms with Gasteiger partial charge in [-0.15, -0.1) is 22.7 Å². The summed E-state index contributed by atoms with van der Waals surface area (Å²) < 4.78 is 0. The van der Waals surface area contributed by atoms with Crippen molar-refractivity contribution in [2.45, 2.75) is 19.9 Å². The van der Waals surface area contributed by atoms with Crippen LogP contribution in [0, 0.1) is 13.8 Å². The van der Waals surface area contributed by atoms with E-state index in [0.717, 1.165) is 10.7 Å². The highest BCUT2D eigenvalue weighted by Gasteiger charge is 2.15. The largest absolute Gasteiger partial charge is 0.308 e. The van der Waals surface area contributed by atoms with Crippen molar-refractivity contribution in [2.24, 2.45) is 0 Å². The van der Waals surface area contributed by atoms with Gasteiger partial charge >= 0.3 is 0 Å². The summed E-state index contributed by atoms with van der Waals surface area (Å²) in [5.41, 5.74) is 2.43. The molecule has 0 bridgehead atoms. The quantitative estimate of drug-likeness (QED) is 0.888. The SMILES string of the molecule is CNC(c1csc(C)c1)c1csc(C)n1. The second kappa shape index (κ2) is 4.43. The molecule has 2 aromatic rings. The third kappa shape index (κ3) is 2.27. The maximum atomic E-state index is 4.53. The Morgan fingerprint density at radius 1 is 1.27 bits per heavy atom. The third-order valence-corrected chi connectivity index (χ3v) is 3.98. The van der Waals surface area contributed by atoms with Crippen LogP contribution in [-0.2, 0) is 0 Å². The van der Waals surface area contributed by atoms with Gasteiger partial charge in [-0.1, -0.05) is 0 Å². The van der Waals surface area contributed by atoms with Crippen LogP contribution in [0.25, 0.3) is 0 Å². The summed E-state index contributed by atoms with van der Waals surface area (Å²) in [5, 5.41) is 8.76. The van der Waals surface area contributed by atoms with Gasteiger partial charge in [0.1, 0.15) is 0 Å². The summed E-state index contributed by atoms with van der Waals surface area (Å²) in [6, 6.07) is 2.46. The molecule has 0 saturated carbocycles. The van der Waals surface area contributed by atoms with Gasteiger partial charge in [0.15, 0.2) is 0 Å². The van der Waals surface area contributed by atoms with E-state index in [1.165, 1.54) is 10.4 Å². The molecular formula is C11H14N2S2. The number of hydrogen-bond donors (Lipinski definition) is 1. The van der Waals surface area contributed by atoms with Crippen molar-refractivity contribution in [3.05, 3.63) is 38.0 Å². The van der Waals surface area contributed by atoms with E-state index in [9.17, 15) is 0 Å². The molecule has 2 aromatic heterocycles. The lowest BCUT2D eigenvalue weighted by atomic mass is 10.1. The summed E-state index contributed by atoms with van der Waals surface area (Å²) in [7, 11) is 1.98. The molecule has 0 amide bonds. The number of thiophene rings is 1. The standard InChI is InChI=1S/C11H14N2S2/c1-7-4-9(5-14-7)11(12-3)10-6-15-8(2)13-10/h4-6,11-12H,1-3H3. The first-order chi connectivity index (χ1) is 7.20. The van der Waals surface area contributed by atoms with Gasteiger partial charge in [-0.05, 0) is 37.9 Å². The first-order valence-electron chi connectivity index (χ1n) is 4.85. The molecule has 15 heavy (non-hydrogen) atoms. The van der Waals surface area contributed by atoms with Crippen molar-refractivity contribution in [2.75, 3.05) is 7.05 Å². The van der Waals surface area contributed by atoms with E-state index in [4.69, 9.17) is 0 Å². The number of aromatic nitrogens is 1. The normalized spacial score (nSPS) is 13.0. The Labute approximate surface area is 98.0 Å². The minimum Gasteiger partial charge on any atom is -0.308 e. The van der Waals surface area contributed by atoms with Crippen LogP contribution in [0.3, 0.4) is 0 Å². The Balaban J connectivity index is 2.32. The van der Waals surface area contributed by atoms with Crippen LogP contribution in [0.1, 0.15) is 27.2 Å². The number of rotatable bonds is 3. The van der Waals surface area contributed by atoms with Gasteiger partial charge in [0.25, 0.3) is 0 Å². The van der Waals surface area contributed by atoms with Crippen LogP contribution >= 0.6 is 22.7 Å². The molecule has 2 rings (SSSR count). The average molecular weight is 238 g/mol. The Morgan fingerprint density at radius 3 is 2.53 bits per heavy atom. The van der Waals surface area contributed by atoms with Gasteiger partial charge < -0.3 is 5.32 Å². The van der Waals surface area contributed by atoms with E-state index < -0.39 is 0 Å². The van der Waals surface area contributed by atoms with Crippen LogP contribution in [0.15, 0.2) is 16.8 Å². The predicted octanol–water partition coefficient (Wildman–Crippen LogP) is 3.13. The van der Waals surface area contributed by atoms with Crippen LogP contribution in [0.4, 0.5) is 0 Å². The van der Waals surface area contributed by atoms with Crippen molar-refractivity contribution >= 4 is 22.7 Å². The first kappa shape index (κ1) is 10.8. The molecule has 2 nitrogen and oxygen atoms in total. The Kier molecular flexibility index (Phi) is 3.19. The lowest BCUT2D eigenvalue weighted by Gasteiger charge is -2.11. The molecule has 0 aliphatic carbocycles. The highest BCUT2D eigenvalue weighted by molar-refractivity contribution is 7.10. The van der Waals surface area contributed by atoms with Crippen molar-refractivity contribution in [1.29, 1.82) is 0 Å². The van der Waals surface area contributed by atoms with Crippen LogP contribution in [-0.4, -0.2) is 12.0 Å². The van der Waals surface area contributed by atoms with E-state index in [1.807, 2.05) is 14.0 Å². The molecular weight excluding hydrogens is 224 g/mol. The maximum Gasteiger partial charge on any atom is 0.0898 e. The lowest BCUT2D eigenvalue weighted by molar-refractivity contribution is 0.676. The van der Waals surface area contributed by atoms with Gasteiger partial charge in [0.05, 0.1) is 16.7 Å². The van der Waals surface area contributed by atoms with Crippen LogP contribution in [0.2, 0.25) is 0 Å². The molecule has 0 aliphatic heterocycles. The van der Waals surface area contributed by atoms with E-state index >= 15 is 0 Å². The van der Waals surface area contributed by atoms with Crippen molar-refractivity contribution in [3.63, 3.8) is 0 Å². The molecule has 0 radical (unpaired) electrons. The Bertz CT molecular complexity index is 405. The first-order valence-corrected chi connectivity index (χ1v) is 6.61. The monoisotopic (exact) mass is 238 g/mol. The fourth-order valence-corrected chi connectivity index (χ4v) is 2.98. The zero-order valence-electron chi connectivity index (χ0n) is 9.07. The topological polar surface area (TPSA) is 24.9 Å². The molecule has 4 heteroatoms. The molecule has 1 atom stereocenters. The van der Waals surface area contributed by atoms with E-state index in [0.29, 0.717) is 0 Å². The summed E-state index contributed by atoms with van der Waals surface area (Å²) >= 11 is 3.49. The number of hydrogen-bond acceptors (Lipinski definition) is 4. The van der Waals surface area contributed by atoms with E-state index in [-0.39, 0.29) is 6.04 Å². The molecule has 0 saturated heterocycles. The van der Waals surface area contributed by atoms with Gasteiger partial charge in [-0.2, -0.15) is 0 Å². The van der Waals surface area contributed by atoms with Crippen molar-refractivity contribution in [3.8, 4) is 0 Å². The zero-order valence-corrected chi connectivity index (χ0v) is 10.7. The maximum absolute atomic E-state index is 4.53. The molecule has 0 spiro atoms. The molecule has 1 N–H and O–H groups in total. The fourth-order valence-electron chi connectivity index (χ4n) is 1.61. The average Bonchev–Trinajstić information content (AvgIpc) is 2.78. The number of thiazole rings is 1. The molecule has 0 aliphatic rings. The zero-order chi connectivity index (χ0) is 10.8. The Hall–Kier alpha value is -0.710. The van der Waals surface area contributed by atoms with Gasteiger partial charge in [0.2, 0.25) is 0 Å². The van der Waals surface area contributed by atoms with Gasteiger partial charge in [0, 0.05) is 10.3 Å². The third-order valence-electron chi connectivity index (χ3n) is 2.31. The lowest BCUT2D eigenvalue weighted by Crippen LogP contribution is -2.17. The summed E-state index contributed by atoms with van der Waals surface area (Å²) in [4.78, 5) is 5.87. The van der Waals surface area contributed by atoms with E-state index in [1.54, 1.807) is 22.7 Å². The van der Waals surface area contributed by atoms with E-state index in [2.05, 4.69) is 34.1 Å². The molecule has 0 aromatic carbocycles.